The summed E-state index contributed by atoms with van der Waals surface area (Å²) in [6.45, 7) is 1.78. The summed E-state index contributed by atoms with van der Waals surface area (Å²) >= 11 is 0. The van der Waals surface area contributed by atoms with Crippen molar-refractivity contribution < 1.29 is 34.8 Å². The largest absolute Gasteiger partial charge is 0.497 e. The second-order valence-electron chi connectivity index (χ2n) is 8.23. The zero-order valence-electron chi connectivity index (χ0n) is 20.2. The van der Waals surface area contributed by atoms with Gasteiger partial charge in [0, 0.05) is 0 Å². The summed E-state index contributed by atoms with van der Waals surface area (Å²) in [7, 11) is -11.6. The summed E-state index contributed by atoms with van der Waals surface area (Å²) in [5.41, 5.74) is 0.813. The van der Waals surface area contributed by atoms with Gasteiger partial charge < -0.3 is 9.57 Å². The van der Waals surface area contributed by atoms with Gasteiger partial charge in [0.25, 0.3) is 0 Å². The first-order chi connectivity index (χ1) is 17.9. The molecule has 0 amide bonds. The smallest absolute Gasteiger partial charge is 0.206 e. The summed E-state index contributed by atoms with van der Waals surface area (Å²) in [4.78, 5) is 2.57. The van der Waals surface area contributed by atoms with Crippen molar-refractivity contribution in [2.24, 2.45) is 5.90 Å². The second-order valence-corrected chi connectivity index (χ2v) is 14.1. The first-order valence-electron chi connectivity index (χ1n) is 11.0. The van der Waals surface area contributed by atoms with E-state index in [9.17, 15) is 25.3 Å². The molecular formula is C26H23NO8S3. The SMILES string of the molecule is COc1ccc(S(=O)(=O)c2cc(S(=O)(=O)c3ccc(C)cc3)cc(S(=O)(=O)c3ccc(ON)cc3)c2)cc1. The fourth-order valence-corrected chi connectivity index (χ4v) is 7.81. The first-order valence-corrected chi connectivity index (χ1v) is 15.4. The van der Waals surface area contributed by atoms with Crippen molar-refractivity contribution in [2.75, 3.05) is 7.11 Å². The van der Waals surface area contributed by atoms with E-state index in [0.717, 1.165) is 23.8 Å². The standard InChI is InChI=1S/C26H23NO8S3/c1-18-3-9-21(10-4-18)36(28,29)24-15-25(37(30,31)22-11-5-19(34-2)6-12-22)17-26(16-24)38(32,33)23-13-7-20(35-27)8-14-23/h3-17H,27H2,1-2H3. The predicted octanol–water partition coefficient (Wildman–Crippen LogP) is 3.75. The van der Waals surface area contributed by atoms with Crippen molar-refractivity contribution in [1.29, 1.82) is 0 Å². The number of methoxy groups -OCH3 is 1. The van der Waals surface area contributed by atoms with Crippen molar-refractivity contribution in [3.05, 3.63) is 96.6 Å². The van der Waals surface area contributed by atoms with Crippen LogP contribution in [0.15, 0.2) is 120 Å². The highest BCUT2D eigenvalue weighted by Gasteiger charge is 2.28. The molecule has 0 heterocycles. The lowest BCUT2D eigenvalue weighted by molar-refractivity contribution is 0.334. The minimum atomic E-state index is -4.36. The van der Waals surface area contributed by atoms with E-state index in [1.54, 1.807) is 19.1 Å². The van der Waals surface area contributed by atoms with Crippen LogP contribution in [0.1, 0.15) is 5.56 Å². The Kier molecular flexibility index (Phi) is 7.35. The maximum Gasteiger partial charge on any atom is 0.206 e. The molecule has 4 aromatic carbocycles. The van der Waals surface area contributed by atoms with Gasteiger partial charge in [-0.15, -0.1) is 0 Å². The second kappa shape index (κ2) is 10.2. The molecule has 2 N–H and O–H groups in total. The zero-order valence-corrected chi connectivity index (χ0v) is 22.7. The van der Waals surface area contributed by atoms with E-state index in [-0.39, 0.29) is 20.4 Å². The van der Waals surface area contributed by atoms with Crippen molar-refractivity contribution in [2.45, 2.75) is 36.3 Å². The number of hydrogen-bond donors (Lipinski definition) is 1. The number of ether oxygens (including phenoxy) is 1. The van der Waals surface area contributed by atoms with Gasteiger partial charge in [-0.2, -0.15) is 5.90 Å². The maximum atomic E-state index is 13.5. The Labute approximate surface area is 221 Å². The van der Waals surface area contributed by atoms with E-state index >= 15 is 0 Å². The van der Waals surface area contributed by atoms with Crippen LogP contribution < -0.4 is 15.5 Å². The highest BCUT2D eigenvalue weighted by atomic mass is 32.2. The molecule has 198 valence electrons. The summed E-state index contributed by atoms with van der Waals surface area (Å²) in [5, 5.41) is 0. The van der Waals surface area contributed by atoms with E-state index < -0.39 is 44.2 Å². The van der Waals surface area contributed by atoms with Gasteiger partial charge in [0.15, 0.2) is 0 Å². The van der Waals surface area contributed by atoms with Crippen LogP contribution in [0.4, 0.5) is 0 Å². The van der Waals surface area contributed by atoms with E-state index in [1.807, 2.05) is 0 Å². The molecule has 38 heavy (non-hydrogen) atoms. The highest BCUT2D eigenvalue weighted by Crippen LogP contribution is 2.33. The molecule has 0 aliphatic carbocycles. The number of hydrogen-bond acceptors (Lipinski definition) is 9. The normalized spacial score (nSPS) is 12.2. The Hall–Kier alpha value is -3.71. The summed E-state index contributed by atoms with van der Waals surface area (Å²) in [6, 6.07) is 19.3. The van der Waals surface area contributed by atoms with Gasteiger partial charge in [-0.25, -0.2) is 25.3 Å². The molecule has 0 atom stereocenters. The molecule has 4 rings (SSSR count). The van der Waals surface area contributed by atoms with Gasteiger partial charge in [0.2, 0.25) is 29.5 Å². The molecule has 0 radical (unpaired) electrons. The fourth-order valence-electron chi connectivity index (χ4n) is 3.59. The van der Waals surface area contributed by atoms with Crippen LogP contribution in [0.2, 0.25) is 0 Å². The van der Waals surface area contributed by atoms with Gasteiger partial charge in [-0.3, -0.25) is 0 Å². The Balaban J connectivity index is 1.96. The van der Waals surface area contributed by atoms with Crippen molar-refractivity contribution >= 4 is 29.5 Å². The lowest BCUT2D eigenvalue weighted by atomic mass is 10.2. The summed E-state index contributed by atoms with van der Waals surface area (Å²) < 4.78 is 86.2. The third kappa shape index (κ3) is 5.16. The van der Waals surface area contributed by atoms with Crippen molar-refractivity contribution in [1.82, 2.24) is 0 Å². The van der Waals surface area contributed by atoms with E-state index in [2.05, 4.69) is 4.84 Å². The fraction of sp³-hybridized carbons (Fsp3) is 0.0769. The van der Waals surface area contributed by atoms with Crippen LogP contribution in [-0.4, -0.2) is 32.4 Å². The average molecular weight is 574 g/mol. The molecule has 0 saturated heterocycles. The van der Waals surface area contributed by atoms with Crippen LogP contribution in [0.5, 0.6) is 11.5 Å². The molecule has 0 aromatic heterocycles. The molecule has 0 aliphatic heterocycles. The Morgan fingerprint density at radius 1 is 0.500 bits per heavy atom. The van der Waals surface area contributed by atoms with Crippen LogP contribution in [-0.2, 0) is 29.5 Å². The molecule has 9 nitrogen and oxygen atoms in total. The predicted molar refractivity (Wildman–Crippen MR) is 138 cm³/mol. The van der Waals surface area contributed by atoms with E-state index in [4.69, 9.17) is 10.6 Å². The molecule has 0 fully saturated rings. The maximum absolute atomic E-state index is 13.5. The highest BCUT2D eigenvalue weighted by molar-refractivity contribution is 7.93. The minimum absolute atomic E-state index is 0.116. The monoisotopic (exact) mass is 573 g/mol. The van der Waals surface area contributed by atoms with Gasteiger partial charge >= 0.3 is 0 Å². The van der Waals surface area contributed by atoms with Crippen molar-refractivity contribution in [3.8, 4) is 11.5 Å². The topological polar surface area (TPSA) is 147 Å². The number of sulfone groups is 3. The van der Waals surface area contributed by atoms with Gasteiger partial charge in [0.05, 0.1) is 36.5 Å². The molecular weight excluding hydrogens is 550 g/mol. The zero-order chi connectivity index (χ0) is 27.7. The molecule has 0 spiro atoms. The number of benzene rings is 4. The molecule has 4 aromatic rings. The molecule has 0 saturated carbocycles. The number of aryl methyl sites for hydroxylation is 1. The van der Waals surface area contributed by atoms with Gasteiger partial charge in [-0.1, -0.05) is 17.7 Å². The lowest BCUT2D eigenvalue weighted by Gasteiger charge is -2.13. The Morgan fingerprint density at radius 2 is 0.816 bits per heavy atom. The van der Waals surface area contributed by atoms with E-state index in [1.165, 1.54) is 67.8 Å². The van der Waals surface area contributed by atoms with Crippen LogP contribution >= 0.6 is 0 Å². The third-order valence-electron chi connectivity index (χ3n) is 5.76. The quantitative estimate of drug-likeness (QED) is 0.311. The van der Waals surface area contributed by atoms with E-state index in [0.29, 0.717) is 5.75 Å². The Morgan fingerprint density at radius 3 is 1.13 bits per heavy atom. The number of nitrogens with two attached hydrogens (primary N) is 1. The molecule has 12 heteroatoms. The molecule has 0 unspecified atom stereocenters. The van der Waals surface area contributed by atoms with Crippen LogP contribution in [0.3, 0.4) is 0 Å². The lowest BCUT2D eigenvalue weighted by Crippen LogP contribution is -2.10. The number of rotatable bonds is 8. The van der Waals surface area contributed by atoms with Gasteiger partial charge in [0.1, 0.15) is 11.5 Å². The van der Waals surface area contributed by atoms with Crippen molar-refractivity contribution in [3.63, 3.8) is 0 Å². The Bertz CT molecular complexity index is 1700. The first kappa shape index (κ1) is 27.3. The molecule has 0 bridgehead atoms. The summed E-state index contributed by atoms with van der Waals surface area (Å²) in [6.07, 6.45) is 0. The van der Waals surface area contributed by atoms with Gasteiger partial charge in [-0.05, 0) is 85.8 Å². The minimum Gasteiger partial charge on any atom is -0.497 e. The third-order valence-corrected chi connectivity index (χ3v) is 11.0. The molecule has 0 aliphatic rings. The van der Waals surface area contributed by atoms with Crippen LogP contribution in [0, 0.1) is 6.92 Å². The van der Waals surface area contributed by atoms with Crippen LogP contribution in [0.25, 0.3) is 0 Å². The average Bonchev–Trinajstić information content (AvgIpc) is 2.93. The summed E-state index contributed by atoms with van der Waals surface area (Å²) in [5.74, 6) is 5.71.